The number of ether oxygens (including phenoxy) is 1. The minimum Gasteiger partial charge on any atom is -0.452 e. The van der Waals surface area contributed by atoms with Crippen molar-refractivity contribution >= 4 is 28.0 Å². The van der Waals surface area contributed by atoms with E-state index in [1.165, 1.54) is 30.3 Å². The molecule has 126 valence electrons. The fourth-order valence-electron chi connectivity index (χ4n) is 1.98. The molecular formula is C18H12BrFN2O3. The molecule has 3 rings (SSSR count). The van der Waals surface area contributed by atoms with Crippen molar-refractivity contribution in [2.24, 2.45) is 0 Å². The van der Waals surface area contributed by atoms with Crippen LogP contribution in [0.5, 0.6) is 0 Å². The van der Waals surface area contributed by atoms with Crippen molar-refractivity contribution in [2.45, 2.75) is 6.61 Å². The minimum absolute atomic E-state index is 0.146. The van der Waals surface area contributed by atoms with Gasteiger partial charge in [-0.25, -0.2) is 9.18 Å². The zero-order valence-electron chi connectivity index (χ0n) is 12.9. The zero-order valence-corrected chi connectivity index (χ0v) is 14.4. The largest absolute Gasteiger partial charge is 0.452 e. The lowest BCUT2D eigenvalue weighted by atomic mass is 10.2. The second kappa shape index (κ2) is 7.85. The molecule has 0 fully saturated rings. The molecule has 0 radical (unpaired) electrons. The molecule has 0 aliphatic carbocycles. The van der Waals surface area contributed by atoms with Gasteiger partial charge >= 0.3 is 5.97 Å². The number of nitrogens with zero attached hydrogens (tertiary/aromatic N) is 2. The molecular weight excluding hydrogens is 391 g/mol. The summed E-state index contributed by atoms with van der Waals surface area (Å²) in [4.78, 5) is 15.9. The van der Waals surface area contributed by atoms with Crippen LogP contribution in [0.2, 0.25) is 0 Å². The first-order valence-electron chi connectivity index (χ1n) is 7.30. The van der Waals surface area contributed by atoms with E-state index in [1.54, 1.807) is 6.08 Å². The molecule has 0 bridgehead atoms. The fraction of sp³-hybridized carbons (Fsp3) is 0.0556. The average Bonchev–Trinajstić information content (AvgIpc) is 3.09. The van der Waals surface area contributed by atoms with E-state index in [0.29, 0.717) is 11.4 Å². The van der Waals surface area contributed by atoms with Gasteiger partial charge in [0.15, 0.2) is 6.61 Å². The summed E-state index contributed by atoms with van der Waals surface area (Å²) in [5, 5.41) is 3.78. The summed E-state index contributed by atoms with van der Waals surface area (Å²) in [6.45, 7) is -0.146. The molecule has 2 aromatic carbocycles. The van der Waals surface area contributed by atoms with Crippen LogP contribution in [-0.2, 0) is 16.1 Å². The van der Waals surface area contributed by atoms with Crippen molar-refractivity contribution in [1.29, 1.82) is 0 Å². The normalized spacial score (nSPS) is 11.0. The maximum atomic E-state index is 12.9. The molecule has 0 saturated carbocycles. The van der Waals surface area contributed by atoms with E-state index in [-0.39, 0.29) is 18.3 Å². The standard InChI is InChI=1S/C18H12BrFN2O3/c19-15-4-2-1-3-12(15)7-10-17(23)24-11-16-21-18(22-25-16)13-5-8-14(20)9-6-13/h1-10H,11H2/b10-7+. The number of hydrogen-bond donors (Lipinski definition) is 0. The Hall–Kier alpha value is -2.80. The lowest BCUT2D eigenvalue weighted by Crippen LogP contribution is -2.01. The highest BCUT2D eigenvalue weighted by Crippen LogP contribution is 2.18. The minimum atomic E-state index is -0.530. The van der Waals surface area contributed by atoms with Crippen LogP contribution in [0, 0.1) is 5.82 Å². The quantitative estimate of drug-likeness (QED) is 0.467. The van der Waals surface area contributed by atoms with Crippen LogP contribution in [0.1, 0.15) is 11.5 Å². The van der Waals surface area contributed by atoms with Gasteiger partial charge in [0.05, 0.1) is 0 Å². The third-order valence-corrected chi connectivity index (χ3v) is 3.93. The number of esters is 1. The molecule has 1 aromatic heterocycles. The van der Waals surface area contributed by atoms with E-state index in [1.807, 2.05) is 24.3 Å². The Morgan fingerprint density at radius 2 is 1.96 bits per heavy atom. The summed E-state index contributed by atoms with van der Waals surface area (Å²) in [5.74, 6) is -0.424. The molecule has 25 heavy (non-hydrogen) atoms. The van der Waals surface area contributed by atoms with Crippen LogP contribution in [0.4, 0.5) is 4.39 Å². The van der Waals surface area contributed by atoms with Crippen molar-refractivity contribution in [3.05, 3.63) is 76.4 Å². The first-order chi connectivity index (χ1) is 12.1. The highest BCUT2D eigenvalue weighted by atomic mass is 79.9. The molecule has 0 spiro atoms. The second-order valence-electron chi connectivity index (χ2n) is 4.98. The molecule has 1 heterocycles. The average molecular weight is 403 g/mol. The summed E-state index contributed by atoms with van der Waals surface area (Å²) < 4.78 is 23.9. The predicted molar refractivity (Wildman–Crippen MR) is 92.7 cm³/mol. The number of hydrogen-bond acceptors (Lipinski definition) is 5. The highest BCUT2D eigenvalue weighted by Gasteiger charge is 2.10. The summed E-state index contributed by atoms with van der Waals surface area (Å²) in [7, 11) is 0. The number of rotatable bonds is 5. The lowest BCUT2D eigenvalue weighted by Gasteiger charge is -1.98. The van der Waals surface area contributed by atoms with Crippen LogP contribution < -0.4 is 0 Å². The molecule has 0 aliphatic rings. The smallest absolute Gasteiger partial charge is 0.331 e. The van der Waals surface area contributed by atoms with Gasteiger partial charge in [0, 0.05) is 16.1 Å². The Balaban J connectivity index is 1.58. The third-order valence-electron chi connectivity index (χ3n) is 3.21. The van der Waals surface area contributed by atoms with Gasteiger partial charge in [-0.05, 0) is 42.0 Å². The monoisotopic (exact) mass is 402 g/mol. The predicted octanol–water partition coefficient (Wildman–Crippen LogP) is 4.39. The summed E-state index contributed by atoms with van der Waals surface area (Å²) >= 11 is 3.39. The topological polar surface area (TPSA) is 65.2 Å². The molecule has 0 saturated heterocycles. The van der Waals surface area contributed by atoms with Crippen molar-refractivity contribution in [2.75, 3.05) is 0 Å². The van der Waals surface area contributed by atoms with Crippen LogP contribution in [0.15, 0.2) is 63.6 Å². The van der Waals surface area contributed by atoms with Crippen molar-refractivity contribution in [1.82, 2.24) is 10.1 Å². The molecule has 0 amide bonds. The van der Waals surface area contributed by atoms with Gasteiger partial charge < -0.3 is 9.26 Å². The van der Waals surface area contributed by atoms with Gasteiger partial charge in [0.1, 0.15) is 5.82 Å². The fourth-order valence-corrected chi connectivity index (χ4v) is 2.40. The number of carbonyl (C=O) groups excluding carboxylic acids is 1. The van der Waals surface area contributed by atoms with E-state index in [0.717, 1.165) is 10.0 Å². The van der Waals surface area contributed by atoms with Gasteiger partial charge in [-0.2, -0.15) is 4.98 Å². The Labute approximate surface area is 151 Å². The number of benzene rings is 2. The molecule has 7 heteroatoms. The van der Waals surface area contributed by atoms with Gasteiger partial charge in [-0.1, -0.05) is 39.3 Å². The van der Waals surface area contributed by atoms with Crippen molar-refractivity contribution in [3.63, 3.8) is 0 Å². The Morgan fingerprint density at radius 1 is 1.20 bits per heavy atom. The third kappa shape index (κ3) is 4.60. The van der Waals surface area contributed by atoms with Gasteiger partial charge in [-0.3, -0.25) is 0 Å². The Morgan fingerprint density at radius 3 is 2.72 bits per heavy atom. The van der Waals surface area contributed by atoms with E-state index in [2.05, 4.69) is 26.1 Å². The summed E-state index contributed by atoms with van der Waals surface area (Å²) in [5.41, 5.74) is 1.47. The Kier molecular flexibility index (Phi) is 5.35. The first kappa shape index (κ1) is 17.0. The van der Waals surface area contributed by atoms with Crippen LogP contribution in [-0.4, -0.2) is 16.1 Å². The first-order valence-corrected chi connectivity index (χ1v) is 8.09. The lowest BCUT2D eigenvalue weighted by molar-refractivity contribution is -0.139. The van der Waals surface area contributed by atoms with Gasteiger partial charge in [0.25, 0.3) is 5.89 Å². The summed E-state index contributed by atoms with van der Waals surface area (Å²) in [6.07, 6.45) is 2.96. The molecule has 5 nitrogen and oxygen atoms in total. The molecule has 0 unspecified atom stereocenters. The maximum Gasteiger partial charge on any atom is 0.331 e. The van der Waals surface area contributed by atoms with E-state index in [4.69, 9.17) is 9.26 Å². The van der Waals surface area contributed by atoms with E-state index < -0.39 is 5.97 Å². The molecule has 0 atom stereocenters. The summed E-state index contributed by atoms with van der Waals surface area (Å²) in [6, 6.07) is 13.2. The van der Waals surface area contributed by atoms with Crippen LogP contribution in [0.25, 0.3) is 17.5 Å². The van der Waals surface area contributed by atoms with Crippen molar-refractivity contribution < 1.29 is 18.4 Å². The molecule has 0 aliphatic heterocycles. The van der Waals surface area contributed by atoms with Crippen LogP contribution >= 0.6 is 15.9 Å². The number of carbonyl (C=O) groups is 1. The van der Waals surface area contributed by atoms with E-state index in [9.17, 15) is 9.18 Å². The SMILES string of the molecule is O=C(/C=C/c1ccccc1Br)OCc1nc(-c2ccc(F)cc2)no1. The zero-order chi connectivity index (χ0) is 17.6. The second-order valence-corrected chi connectivity index (χ2v) is 5.84. The van der Waals surface area contributed by atoms with E-state index >= 15 is 0 Å². The van der Waals surface area contributed by atoms with Gasteiger partial charge in [-0.15, -0.1) is 0 Å². The maximum absolute atomic E-state index is 12.9. The Bertz CT molecular complexity index is 907. The highest BCUT2D eigenvalue weighted by molar-refractivity contribution is 9.10. The van der Waals surface area contributed by atoms with Crippen LogP contribution in [0.3, 0.4) is 0 Å². The molecule has 3 aromatic rings. The number of aromatic nitrogens is 2. The van der Waals surface area contributed by atoms with Gasteiger partial charge in [0.2, 0.25) is 5.82 Å². The molecule has 0 N–H and O–H groups in total. The number of halogens is 2. The van der Waals surface area contributed by atoms with Crippen molar-refractivity contribution in [3.8, 4) is 11.4 Å².